The Balaban J connectivity index is 1.61. The van der Waals surface area contributed by atoms with Gasteiger partial charge in [0, 0.05) is 24.7 Å². The minimum Gasteiger partial charge on any atom is -0.368 e. The van der Waals surface area contributed by atoms with Crippen molar-refractivity contribution in [2.24, 2.45) is 5.73 Å². The topological polar surface area (TPSA) is 102 Å². The highest BCUT2D eigenvalue weighted by atomic mass is 35.5. The summed E-state index contributed by atoms with van der Waals surface area (Å²) in [5, 5.41) is 18.3. The zero-order valence-electron chi connectivity index (χ0n) is 20.1. The van der Waals surface area contributed by atoms with Gasteiger partial charge in [-0.2, -0.15) is 10.2 Å². The summed E-state index contributed by atoms with van der Waals surface area (Å²) in [5.41, 5.74) is 7.88. The van der Waals surface area contributed by atoms with Crippen molar-refractivity contribution in [3.05, 3.63) is 65.6 Å². The lowest BCUT2D eigenvalue weighted by Crippen LogP contribution is -2.62. The lowest BCUT2D eigenvalue weighted by Gasteiger charge is -2.41. The number of halogens is 2. The fraction of sp³-hybridized carbons (Fsp3) is 0.308. The van der Waals surface area contributed by atoms with Crippen LogP contribution in [0.5, 0.6) is 0 Å². The second-order valence-electron chi connectivity index (χ2n) is 9.38. The van der Waals surface area contributed by atoms with E-state index >= 15 is 0 Å². The number of benzene rings is 2. The lowest BCUT2D eigenvalue weighted by atomic mass is 9.86. The average Bonchev–Trinajstić information content (AvgIpc) is 3.24. The number of rotatable bonds is 6. The summed E-state index contributed by atoms with van der Waals surface area (Å²) >= 11 is 6.55. The SMILES string of the molecule is CC(C)NC1(C(N)=O)CCN(c2nncc3c(-c4ccc(F)cc4)n(-c4ccccc4Cl)nc23)CC1. The van der Waals surface area contributed by atoms with E-state index in [9.17, 15) is 9.18 Å². The van der Waals surface area contributed by atoms with Crippen LogP contribution in [-0.4, -0.2) is 50.6 Å². The number of nitrogens with two attached hydrogens (primary N) is 1. The van der Waals surface area contributed by atoms with Gasteiger partial charge in [-0.25, -0.2) is 9.07 Å². The van der Waals surface area contributed by atoms with Crippen molar-refractivity contribution in [3.8, 4) is 16.9 Å². The van der Waals surface area contributed by atoms with Gasteiger partial charge in [0.05, 0.1) is 28.0 Å². The van der Waals surface area contributed by atoms with Gasteiger partial charge < -0.3 is 16.0 Å². The molecule has 0 saturated carbocycles. The van der Waals surface area contributed by atoms with E-state index in [0.29, 0.717) is 48.0 Å². The predicted octanol–water partition coefficient (Wildman–Crippen LogP) is 4.10. The Hall–Kier alpha value is -3.56. The van der Waals surface area contributed by atoms with Crippen LogP contribution >= 0.6 is 11.6 Å². The number of hydrogen-bond acceptors (Lipinski definition) is 6. The van der Waals surface area contributed by atoms with E-state index in [4.69, 9.17) is 22.4 Å². The Kier molecular flexibility index (Phi) is 6.36. The molecule has 0 radical (unpaired) electrons. The lowest BCUT2D eigenvalue weighted by molar-refractivity contribution is -0.125. The third-order valence-electron chi connectivity index (χ3n) is 6.62. The van der Waals surface area contributed by atoms with Crippen molar-refractivity contribution in [2.45, 2.75) is 38.3 Å². The highest BCUT2D eigenvalue weighted by Crippen LogP contribution is 2.37. The van der Waals surface area contributed by atoms with Gasteiger partial charge in [-0.3, -0.25) is 4.79 Å². The molecule has 1 saturated heterocycles. The van der Waals surface area contributed by atoms with Gasteiger partial charge in [0.25, 0.3) is 0 Å². The first-order chi connectivity index (χ1) is 17.3. The summed E-state index contributed by atoms with van der Waals surface area (Å²) in [4.78, 5) is 14.4. The van der Waals surface area contributed by atoms with E-state index in [0.717, 1.165) is 16.6 Å². The number of anilines is 1. The first kappa shape index (κ1) is 24.1. The number of carbonyl (C=O) groups excluding carboxylic acids is 1. The highest BCUT2D eigenvalue weighted by molar-refractivity contribution is 6.32. The summed E-state index contributed by atoms with van der Waals surface area (Å²) in [6.07, 6.45) is 2.74. The second kappa shape index (κ2) is 9.48. The zero-order valence-corrected chi connectivity index (χ0v) is 20.8. The van der Waals surface area contributed by atoms with Crippen LogP contribution in [0.3, 0.4) is 0 Å². The number of hydrogen-bond donors (Lipinski definition) is 2. The summed E-state index contributed by atoms with van der Waals surface area (Å²) in [6, 6.07) is 13.8. The van der Waals surface area contributed by atoms with E-state index in [2.05, 4.69) is 20.4 Å². The Labute approximate surface area is 213 Å². The minimum atomic E-state index is -0.762. The molecule has 3 N–H and O–H groups in total. The van der Waals surface area contributed by atoms with E-state index in [-0.39, 0.29) is 17.8 Å². The van der Waals surface area contributed by atoms with E-state index < -0.39 is 5.54 Å². The van der Waals surface area contributed by atoms with E-state index in [1.807, 2.05) is 32.0 Å². The van der Waals surface area contributed by atoms with Crippen LogP contribution in [0.1, 0.15) is 26.7 Å². The molecule has 4 aromatic rings. The van der Waals surface area contributed by atoms with E-state index in [1.165, 1.54) is 12.1 Å². The normalized spacial score (nSPS) is 15.5. The number of piperidine rings is 1. The molecule has 1 aliphatic rings. The van der Waals surface area contributed by atoms with Crippen molar-refractivity contribution in [1.82, 2.24) is 25.3 Å². The maximum atomic E-state index is 13.7. The predicted molar refractivity (Wildman–Crippen MR) is 139 cm³/mol. The van der Waals surface area contributed by atoms with Crippen LogP contribution in [0.4, 0.5) is 10.2 Å². The maximum Gasteiger partial charge on any atom is 0.237 e. The van der Waals surface area contributed by atoms with Gasteiger partial charge in [-0.1, -0.05) is 23.7 Å². The number of nitrogens with zero attached hydrogens (tertiary/aromatic N) is 5. The highest BCUT2D eigenvalue weighted by Gasteiger charge is 2.41. The van der Waals surface area contributed by atoms with Crippen molar-refractivity contribution in [2.75, 3.05) is 18.0 Å². The van der Waals surface area contributed by atoms with Gasteiger partial charge >= 0.3 is 0 Å². The molecule has 0 spiro atoms. The number of carbonyl (C=O) groups is 1. The molecule has 2 aromatic heterocycles. The third-order valence-corrected chi connectivity index (χ3v) is 6.94. The Morgan fingerprint density at radius 3 is 2.47 bits per heavy atom. The summed E-state index contributed by atoms with van der Waals surface area (Å²) < 4.78 is 15.5. The molecule has 0 atom stereocenters. The van der Waals surface area contributed by atoms with E-state index in [1.54, 1.807) is 29.1 Å². The van der Waals surface area contributed by atoms with Crippen LogP contribution in [0.15, 0.2) is 54.7 Å². The molecule has 186 valence electrons. The molecule has 1 fully saturated rings. The molecule has 2 aromatic carbocycles. The zero-order chi connectivity index (χ0) is 25.4. The quantitative estimate of drug-likeness (QED) is 0.407. The number of para-hydroxylation sites is 1. The number of nitrogens with one attached hydrogen (secondary N) is 1. The van der Waals surface area contributed by atoms with Crippen molar-refractivity contribution in [3.63, 3.8) is 0 Å². The molecule has 1 amide bonds. The van der Waals surface area contributed by atoms with Gasteiger partial charge in [0.2, 0.25) is 5.91 Å². The number of fused-ring (bicyclic) bond motifs is 1. The van der Waals surface area contributed by atoms with Crippen molar-refractivity contribution in [1.29, 1.82) is 0 Å². The molecule has 36 heavy (non-hydrogen) atoms. The molecule has 0 bridgehead atoms. The molecular weight excluding hydrogens is 481 g/mol. The van der Waals surface area contributed by atoms with Gasteiger partial charge in [0.1, 0.15) is 16.9 Å². The standard InChI is InChI=1S/C26H27ClFN7O/c1-16(2)31-26(25(29)36)11-13-34(14-12-26)24-22-19(15-30-32-24)23(17-7-9-18(28)10-8-17)35(33-22)21-6-4-3-5-20(21)27/h3-10,15-16,31H,11-14H2,1-2H3,(H2,29,36). The fourth-order valence-electron chi connectivity index (χ4n) is 4.92. The van der Waals surface area contributed by atoms with Gasteiger partial charge in [-0.15, -0.1) is 5.10 Å². The number of aromatic nitrogens is 4. The summed E-state index contributed by atoms with van der Waals surface area (Å²) in [5.74, 6) is -0.0559. The van der Waals surface area contributed by atoms with Crippen LogP contribution in [0.2, 0.25) is 5.02 Å². The third kappa shape index (κ3) is 4.29. The van der Waals surface area contributed by atoms with Crippen LogP contribution < -0.4 is 16.0 Å². The molecule has 5 rings (SSSR count). The van der Waals surface area contributed by atoms with Crippen LogP contribution in [0, 0.1) is 5.82 Å². The smallest absolute Gasteiger partial charge is 0.237 e. The monoisotopic (exact) mass is 507 g/mol. The first-order valence-electron chi connectivity index (χ1n) is 11.9. The summed E-state index contributed by atoms with van der Waals surface area (Å²) in [6.45, 7) is 5.12. The average molecular weight is 508 g/mol. The Morgan fingerprint density at radius 1 is 1.14 bits per heavy atom. The molecule has 3 heterocycles. The Morgan fingerprint density at radius 2 is 1.83 bits per heavy atom. The molecule has 10 heteroatoms. The minimum absolute atomic E-state index is 0.122. The number of amides is 1. The second-order valence-corrected chi connectivity index (χ2v) is 9.79. The molecule has 0 aliphatic carbocycles. The maximum absolute atomic E-state index is 13.7. The van der Waals surface area contributed by atoms with Crippen molar-refractivity contribution < 1.29 is 9.18 Å². The molecular formula is C26H27ClFN7O. The fourth-order valence-corrected chi connectivity index (χ4v) is 5.13. The van der Waals surface area contributed by atoms with Crippen LogP contribution in [0.25, 0.3) is 27.8 Å². The largest absolute Gasteiger partial charge is 0.368 e. The van der Waals surface area contributed by atoms with Gasteiger partial charge in [0.15, 0.2) is 5.82 Å². The molecule has 1 aliphatic heterocycles. The van der Waals surface area contributed by atoms with Crippen LogP contribution in [-0.2, 0) is 4.79 Å². The molecule has 8 nitrogen and oxygen atoms in total. The Bertz CT molecular complexity index is 1410. The molecule has 0 unspecified atom stereocenters. The van der Waals surface area contributed by atoms with Gasteiger partial charge in [-0.05, 0) is 63.1 Å². The number of primary amides is 1. The van der Waals surface area contributed by atoms with Crippen molar-refractivity contribution >= 4 is 34.2 Å². The first-order valence-corrected chi connectivity index (χ1v) is 12.2. The summed E-state index contributed by atoms with van der Waals surface area (Å²) in [7, 11) is 0.